The summed E-state index contributed by atoms with van der Waals surface area (Å²) >= 11 is 0. The van der Waals surface area contributed by atoms with E-state index in [1.807, 2.05) is 20.8 Å². The number of amides is 1. The molecule has 4 heteroatoms. The third kappa shape index (κ3) is 4.07. The average Bonchev–Trinajstić information content (AvgIpc) is 2.23. The second-order valence-electron chi connectivity index (χ2n) is 3.71. The van der Waals surface area contributed by atoms with Crippen LogP contribution in [0.5, 0.6) is 0 Å². The summed E-state index contributed by atoms with van der Waals surface area (Å²) < 4.78 is 0. The van der Waals surface area contributed by atoms with Crippen molar-refractivity contribution in [3.05, 3.63) is 0 Å². The fraction of sp³-hybridized carbons (Fsp3) is 0.900. The Morgan fingerprint density at radius 3 is 2.36 bits per heavy atom. The molecule has 0 aliphatic rings. The molecule has 0 rings (SSSR count). The SMILES string of the molecule is CC[C@H](CO)NC(=O)[C@@H](N)[C@@H](C)CC. The molecular weight excluding hydrogens is 180 g/mol. The highest BCUT2D eigenvalue weighted by Gasteiger charge is 2.20. The van der Waals surface area contributed by atoms with Gasteiger partial charge < -0.3 is 16.2 Å². The second-order valence-corrected chi connectivity index (χ2v) is 3.71. The third-order valence-electron chi connectivity index (χ3n) is 2.62. The van der Waals surface area contributed by atoms with Gasteiger partial charge in [0.15, 0.2) is 0 Å². The molecule has 0 saturated heterocycles. The molecule has 0 spiro atoms. The van der Waals surface area contributed by atoms with Crippen LogP contribution in [0.3, 0.4) is 0 Å². The van der Waals surface area contributed by atoms with Gasteiger partial charge in [-0.25, -0.2) is 0 Å². The molecule has 84 valence electrons. The first-order chi connectivity index (χ1) is 6.56. The van der Waals surface area contributed by atoms with Crippen LogP contribution in [0.1, 0.15) is 33.6 Å². The molecule has 3 atom stereocenters. The summed E-state index contributed by atoms with van der Waals surface area (Å²) in [5, 5.41) is 11.6. The largest absolute Gasteiger partial charge is 0.394 e. The van der Waals surface area contributed by atoms with Crippen LogP contribution in [0.4, 0.5) is 0 Å². The average molecular weight is 202 g/mol. The van der Waals surface area contributed by atoms with Crippen molar-refractivity contribution in [1.82, 2.24) is 5.32 Å². The highest BCUT2D eigenvalue weighted by Crippen LogP contribution is 2.05. The molecule has 0 aliphatic carbocycles. The number of aliphatic hydroxyl groups is 1. The molecule has 0 aromatic rings. The Kier molecular flexibility index (Phi) is 6.49. The van der Waals surface area contributed by atoms with Gasteiger partial charge in [0.1, 0.15) is 0 Å². The number of carbonyl (C=O) groups excluding carboxylic acids is 1. The molecule has 14 heavy (non-hydrogen) atoms. The lowest BCUT2D eigenvalue weighted by Crippen LogP contribution is -2.49. The van der Waals surface area contributed by atoms with E-state index < -0.39 is 6.04 Å². The van der Waals surface area contributed by atoms with E-state index >= 15 is 0 Å². The first kappa shape index (κ1) is 13.4. The van der Waals surface area contributed by atoms with Crippen LogP contribution in [0.15, 0.2) is 0 Å². The van der Waals surface area contributed by atoms with Gasteiger partial charge >= 0.3 is 0 Å². The van der Waals surface area contributed by atoms with Gasteiger partial charge in [-0.3, -0.25) is 4.79 Å². The predicted molar refractivity (Wildman–Crippen MR) is 56.7 cm³/mol. The van der Waals surface area contributed by atoms with E-state index in [0.717, 1.165) is 12.8 Å². The van der Waals surface area contributed by atoms with Crippen LogP contribution in [0, 0.1) is 5.92 Å². The number of nitrogens with one attached hydrogen (secondary N) is 1. The normalized spacial score (nSPS) is 17.2. The number of hydrogen-bond acceptors (Lipinski definition) is 3. The summed E-state index contributed by atoms with van der Waals surface area (Å²) in [5.41, 5.74) is 5.74. The van der Waals surface area contributed by atoms with E-state index in [-0.39, 0.29) is 24.5 Å². The molecule has 0 bridgehead atoms. The van der Waals surface area contributed by atoms with Crippen molar-refractivity contribution < 1.29 is 9.90 Å². The van der Waals surface area contributed by atoms with E-state index in [1.54, 1.807) is 0 Å². The Labute approximate surface area is 85.9 Å². The summed E-state index contributed by atoms with van der Waals surface area (Å²) in [4.78, 5) is 11.5. The molecule has 1 amide bonds. The molecular formula is C10H22N2O2. The van der Waals surface area contributed by atoms with Gasteiger partial charge in [0.25, 0.3) is 0 Å². The van der Waals surface area contributed by atoms with Crippen LogP contribution in [-0.4, -0.2) is 29.7 Å². The smallest absolute Gasteiger partial charge is 0.237 e. The summed E-state index contributed by atoms with van der Waals surface area (Å²) in [6.07, 6.45) is 1.60. The van der Waals surface area contributed by atoms with Crippen molar-refractivity contribution in [1.29, 1.82) is 0 Å². The molecule has 0 fully saturated rings. The Balaban J connectivity index is 4.06. The van der Waals surface area contributed by atoms with E-state index in [4.69, 9.17) is 10.8 Å². The number of hydrogen-bond donors (Lipinski definition) is 3. The monoisotopic (exact) mass is 202 g/mol. The lowest BCUT2D eigenvalue weighted by molar-refractivity contribution is -0.124. The first-order valence-corrected chi connectivity index (χ1v) is 5.23. The van der Waals surface area contributed by atoms with Crippen LogP contribution in [0.2, 0.25) is 0 Å². The van der Waals surface area contributed by atoms with Crippen LogP contribution < -0.4 is 11.1 Å². The van der Waals surface area contributed by atoms with Gasteiger partial charge in [0.2, 0.25) is 5.91 Å². The number of aliphatic hydroxyl groups excluding tert-OH is 1. The Morgan fingerprint density at radius 1 is 1.43 bits per heavy atom. The predicted octanol–water partition coefficient (Wildman–Crippen LogP) is 0.247. The van der Waals surface area contributed by atoms with Crippen LogP contribution in [-0.2, 0) is 4.79 Å². The minimum Gasteiger partial charge on any atom is -0.394 e. The number of carbonyl (C=O) groups is 1. The van der Waals surface area contributed by atoms with E-state index in [1.165, 1.54) is 0 Å². The summed E-state index contributed by atoms with van der Waals surface area (Å²) in [5.74, 6) is 0.00597. The van der Waals surface area contributed by atoms with Crippen molar-refractivity contribution in [3.8, 4) is 0 Å². The Hall–Kier alpha value is -0.610. The maximum Gasteiger partial charge on any atom is 0.237 e. The maximum absolute atomic E-state index is 11.5. The highest BCUT2D eigenvalue weighted by molar-refractivity contribution is 5.82. The number of nitrogens with two attached hydrogens (primary N) is 1. The second kappa shape index (κ2) is 6.79. The highest BCUT2D eigenvalue weighted by atomic mass is 16.3. The molecule has 0 aromatic carbocycles. The quantitative estimate of drug-likeness (QED) is 0.578. The van der Waals surface area contributed by atoms with Crippen LogP contribution in [0.25, 0.3) is 0 Å². The van der Waals surface area contributed by atoms with Gasteiger partial charge in [-0.05, 0) is 12.3 Å². The minimum atomic E-state index is -0.472. The zero-order valence-corrected chi connectivity index (χ0v) is 9.29. The Morgan fingerprint density at radius 2 is 2.00 bits per heavy atom. The summed E-state index contributed by atoms with van der Waals surface area (Å²) in [6, 6.07) is -0.641. The molecule has 0 saturated carbocycles. The topological polar surface area (TPSA) is 75.3 Å². The molecule has 0 heterocycles. The molecule has 0 radical (unpaired) electrons. The fourth-order valence-corrected chi connectivity index (χ4v) is 1.09. The summed E-state index contributed by atoms with van der Waals surface area (Å²) in [6.45, 7) is 5.83. The van der Waals surface area contributed by atoms with E-state index in [0.29, 0.717) is 0 Å². The zero-order valence-electron chi connectivity index (χ0n) is 9.29. The lowest BCUT2D eigenvalue weighted by atomic mass is 9.99. The van der Waals surface area contributed by atoms with Gasteiger partial charge in [0, 0.05) is 0 Å². The Bertz CT molecular complexity index is 170. The summed E-state index contributed by atoms with van der Waals surface area (Å²) in [7, 11) is 0. The molecule has 4 N–H and O–H groups in total. The van der Waals surface area contributed by atoms with Crippen LogP contribution >= 0.6 is 0 Å². The van der Waals surface area contributed by atoms with E-state index in [9.17, 15) is 4.79 Å². The maximum atomic E-state index is 11.5. The molecule has 0 aromatic heterocycles. The zero-order chi connectivity index (χ0) is 11.1. The van der Waals surface area contributed by atoms with Crippen molar-refractivity contribution in [3.63, 3.8) is 0 Å². The van der Waals surface area contributed by atoms with Gasteiger partial charge in [0.05, 0.1) is 18.7 Å². The molecule has 0 aliphatic heterocycles. The molecule has 0 unspecified atom stereocenters. The minimum absolute atomic E-state index is 0.0323. The van der Waals surface area contributed by atoms with Gasteiger partial charge in [-0.1, -0.05) is 27.2 Å². The van der Waals surface area contributed by atoms with Crippen molar-refractivity contribution in [2.24, 2.45) is 11.7 Å². The molecule has 4 nitrogen and oxygen atoms in total. The third-order valence-corrected chi connectivity index (χ3v) is 2.62. The van der Waals surface area contributed by atoms with Crippen molar-refractivity contribution >= 4 is 5.91 Å². The van der Waals surface area contributed by atoms with Crippen molar-refractivity contribution in [2.45, 2.75) is 45.7 Å². The standard InChI is InChI=1S/C10H22N2O2/c1-4-7(3)9(11)10(14)12-8(5-2)6-13/h7-9,13H,4-6,11H2,1-3H3,(H,12,14)/t7-,8+,9-/m0/s1. The number of rotatable bonds is 6. The fourth-order valence-electron chi connectivity index (χ4n) is 1.09. The van der Waals surface area contributed by atoms with Gasteiger partial charge in [-0.2, -0.15) is 0 Å². The first-order valence-electron chi connectivity index (χ1n) is 5.23. The van der Waals surface area contributed by atoms with E-state index in [2.05, 4.69) is 5.32 Å². The van der Waals surface area contributed by atoms with Gasteiger partial charge in [-0.15, -0.1) is 0 Å². The lowest BCUT2D eigenvalue weighted by Gasteiger charge is -2.21. The van der Waals surface area contributed by atoms with Crippen molar-refractivity contribution in [2.75, 3.05) is 6.61 Å².